The molecule has 2 heterocycles. The number of hydrogen-bond acceptors (Lipinski definition) is 4. The third-order valence-corrected chi connectivity index (χ3v) is 8.87. The van der Waals surface area contributed by atoms with Crippen molar-refractivity contribution in [3.8, 4) is 0 Å². The molecule has 5 heteroatoms. The predicted octanol–water partition coefficient (Wildman–Crippen LogP) is 5.09. The van der Waals surface area contributed by atoms with Crippen molar-refractivity contribution < 1.29 is 19.1 Å². The molecule has 0 N–H and O–H groups in total. The lowest BCUT2D eigenvalue weighted by Crippen LogP contribution is -2.38. The summed E-state index contributed by atoms with van der Waals surface area (Å²) in [6, 6.07) is 12.2. The van der Waals surface area contributed by atoms with Crippen molar-refractivity contribution in [2.24, 2.45) is 16.7 Å². The van der Waals surface area contributed by atoms with Crippen molar-refractivity contribution >= 4 is 23.1 Å². The molecule has 0 unspecified atom stereocenters. The third-order valence-electron chi connectivity index (χ3n) is 8.87. The number of nitrogens with zero attached hydrogens (tertiary/aromatic N) is 1. The van der Waals surface area contributed by atoms with Crippen LogP contribution in [0.5, 0.6) is 0 Å². The van der Waals surface area contributed by atoms with Crippen LogP contribution in [0.3, 0.4) is 0 Å². The number of fused-ring (bicyclic) bond motifs is 6. The Morgan fingerprint density at radius 1 is 1.00 bits per heavy atom. The number of pyridine rings is 1. The predicted molar refractivity (Wildman–Crippen MR) is 119 cm³/mol. The van der Waals surface area contributed by atoms with Gasteiger partial charge >= 0.3 is 5.97 Å². The molecule has 0 amide bonds. The first kappa shape index (κ1) is 19.5. The topological polar surface area (TPSA) is 64.8 Å². The van der Waals surface area contributed by atoms with Crippen molar-refractivity contribution in [1.29, 1.82) is 0 Å². The largest absolute Gasteiger partial charge is 0.458 e. The first-order chi connectivity index (χ1) is 15.3. The minimum absolute atomic E-state index is 0.0879. The molecule has 2 aromatic heterocycles. The Hall–Kier alpha value is -3.21. The van der Waals surface area contributed by atoms with E-state index in [0.717, 1.165) is 19.3 Å². The molecule has 0 aliphatic heterocycles. The van der Waals surface area contributed by atoms with Gasteiger partial charge in [0.2, 0.25) is 5.78 Å². The summed E-state index contributed by atoms with van der Waals surface area (Å²) >= 11 is 0. The molecule has 2 saturated carbocycles. The zero-order valence-corrected chi connectivity index (χ0v) is 18.5. The molecule has 32 heavy (non-hydrogen) atoms. The molecule has 5 nitrogen and oxygen atoms in total. The second-order valence-electron chi connectivity index (χ2n) is 10.3. The van der Waals surface area contributed by atoms with Gasteiger partial charge in [-0.1, -0.05) is 51.1 Å². The molecule has 1 aromatic carbocycles. The van der Waals surface area contributed by atoms with E-state index in [9.17, 15) is 14.4 Å². The maximum absolute atomic E-state index is 13.6. The van der Waals surface area contributed by atoms with Gasteiger partial charge in [-0.05, 0) is 42.7 Å². The van der Waals surface area contributed by atoms with Crippen LogP contribution in [0.4, 0.5) is 0 Å². The molecule has 2 bridgehead atoms. The van der Waals surface area contributed by atoms with Crippen LogP contribution < -0.4 is 0 Å². The van der Waals surface area contributed by atoms with E-state index < -0.39 is 5.97 Å². The Labute approximate surface area is 186 Å². The van der Waals surface area contributed by atoms with Crippen LogP contribution >= 0.6 is 0 Å². The summed E-state index contributed by atoms with van der Waals surface area (Å²) in [5.74, 6) is -0.529. The lowest BCUT2D eigenvalue weighted by Gasteiger charge is -2.38. The van der Waals surface area contributed by atoms with Crippen molar-refractivity contribution in [3.63, 3.8) is 0 Å². The van der Waals surface area contributed by atoms with E-state index in [0.29, 0.717) is 22.6 Å². The fraction of sp³-hybridized carbons (Fsp3) is 0.370. The lowest BCUT2D eigenvalue weighted by molar-refractivity contribution is -0.0241. The molecule has 2 fully saturated rings. The summed E-state index contributed by atoms with van der Waals surface area (Å²) in [5, 5.41) is 0. The minimum atomic E-state index is -0.509. The zero-order valence-electron chi connectivity index (χ0n) is 18.5. The molecule has 3 aliphatic rings. The van der Waals surface area contributed by atoms with E-state index in [2.05, 4.69) is 20.8 Å². The van der Waals surface area contributed by atoms with E-state index in [4.69, 9.17) is 4.74 Å². The monoisotopic (exact) mass is 427 g/mol. The van der Waals surface area contributed by atoms with Gasteiger partial charge in [-0.3, -0.25) is 9.59 Å². The van der Waals surface area contributed by atoms with Gasteiger partial charge in [0, 0.05) is 22.7 Å². The Morgan fingerprint density at radius 3 is 2.34 bits per heavy atom. The summed E-state index contributed by atoms with van der Waals surface area (Å²) in [6.45, 7) is 6.76. The SMILES string of the molecule is CC1(C)[C@H]2CC[C@@]1(C)[C@@H](OC(=O)c1c3c(n4ccccc14)C(=O)c1ccccc1C3=O)C2. The third kappa shape index (κ3) is 2.21. The average Bonchev–Trinajstić information content (AvgIpc) is 3.31. The highest BCUT2D eigenvalue weighted by Crippen LogP contribution is 2.66. The van der Waals surface area contributed by atoms with Crippen LogP contribution in [0.15, 0.2) is 48.7 Å². The van der Waals surface area contributed by atoms with E-state index in [1.54, 1.807) is 47.0 Å². The number of carbonyl (C=O) groups is 3. The van der Waals surface area contributed by atoms with Gasteiger partial charge in [0.15, 0.2) is 5.78 Å². The van der Waals surface area contributed by atoms with Gasteiger partial charge in [-0.25, -0.2) is 4.79 Å². The summed E-state index contributed by atoms with van der Waals surface area (Å²) in [5.41, 5.74) is 1.87. The first-order valence-electron chi connectivity index (χ1n) is 11.3. The fourth-order valence-electron chi connectivity index (χ4n) is 6.50. The number of ether oxygens (including phenoxy) is 1. The van der Waals surface area contributed by atoms with Crippen LogP contribution in [0, 0.1) is 16.7 Å². The molecular weight excluding hydrogens is 402 g/mol. The zero-order chi connectivity index (χ0) is 22.4. The van der Waals surface area contributed by atoms with E-state index in [-0.39, 0.29) is 45.3 Å². The minimum Gasteiger partial charge on any atom is -0.458 e. The molecule has 3 aliphatic carbocycles. The van der Waals surface area contributed by atoms with Gasteiger partial charge < -0.3 is 9.14 Å². The fourth-order valence-corrected chi connectivity index (χ4v) is 6.50. The van der Waals surface area contributed by atoms with Crippen LogP contribution in [0.2, 0.25) is 0 Å². The molecule has 0 radical (unpaired) electrons. The maximum Gasteiger partial charge on any atom is 0.341 e. The highest BCUT2D eigenvalue weighted by atomic mass is 16.5. The molecule has 3 aromatic rings. The highest BCUT2D eigenvalue weighted by Gasteiger charge is 2.63. The van der Waals surface area contributed by atoms with Crippen LogP contribution in [0.1, 0.15) is 82.4 Å². The Bertz CT molecular complexity index is 1350. The number of hydrogen-bond donors (Lipinski definition) is 0. The summed E-state index contributed by atoms with van der Waals surface area (Å²) in [4.78, 5) is 40.5. The van der Waals surface area contributed by atoms with Crippen LogP contribution in [0.25, 0.3) is 5.52 Å². The normalized spacial score (nSPS) is 27.5. The Morgan fingerprint density at radius 2 is 1.69 bits per heavy atom. The smallest absolute Gasteiger partial charge is 0.341 e. The van der Waals surface area contributed by atoms with Crippen LogP contribution in [-0.4, -0.2) is 28.0 Å². The van der Waals surface area contributed by atoms with Gasteiger partial charge in [0.05, 0.1) is 16.6 Å². The Kier molecular flexibility index (Phi) is 3.76. The van der Waals surface area contributed by atoms with Gasteiger partial charge in [-0.15, -0.1) is 0 Å². The van der Waals surface area contributed by atoms with Crippen molar-refractivity contribution in [3.05, 3.63) is 76.6 Å². The number of benzene rings is 1. The second-order valence-corrected chi connectivity index (χ2v) is 10.3. The summed E-state index contributed by atoms with van der Waals surface area (Å²) in [6.07, 6.45) is 4.57. The van der Waals surface area contributed by atoms with Crippen molar-refractivity contribution in [2.45, 2.75) is 46.1 Å². The quantitative estimate of drug-likeness (QED) is 0.418. The maximum atomic E-state index is 13.6. The number of rotatable bonds is 2. The average molecular weight is 428 g/mol. The number of ketones is 2. The van der Waals surface area contributed by atoms with Gasteiger partial charge in [0.1, 0.15) is 11.8 Å². The Balaban J connectivity index is 1.49. The summed E-state index contributed by atoms with van der Waals surface area (Å²) in [7, 11) is 0. The second kappa shape index (κ2) is 6.18. The van der Waals surface area contributed by atoms with E-state index >= 15 is 0 Å². The molecule has 6 rings (SSSR count). The first-order valence-corrected chi connectivity index (χ1v) is 11.3. The summed E-state index contributed by atoms with van der Waals surface area (Å²) < 4.78 is 7.82. The highest BCUT2D eigenvalue weighted by molar-refractivity contribution is 6.31. The van der Waals surface area contributed by atoms with E-state index in [1.807, 2.05) is 6.07 Å². The molecule has 3 atom stereocenters. The lowest BCUT2D eigenvalue weighted by atomic mass is 9.70. The number of esters is 1. The number of carbonyl (C=O) groups excluding carboxylic acids is 3. The molecule has 0 spiro atoms. The van der Waals surface area contributed by atoms with Crippen molar-refractivity contribution in [1.82, 2.24) is 4.40 Å². The standard InChI is InChI=1S/C27H25NO4/c1-26(2)15-11-12-27(26,3)19(14-15)32-25(31)20-18-10-6-7-13-28(18)22-21(20)23(29)16-8-4-5-9-17(16)24(22)30/h4-10,13,15,19H,11-12,14H2,1-3H3/t15-,19-,27-/m0/s1. The van der Waals surface area contributed by atoms with Crippen LogP contribution in [-0.2, 0) is 4.74 Å². The number of aromatic nitrogens is 1. The molecule has 162 valence electrons. The van der Waals surface area contributed by atoms with Gasteiger partial charge in [0.25, 0.3) is 0 Å². The molecular formula is C27H25NO4. The van der Waals surface area contributed by atoms with Gasteiger partial charge in [-0.2, -0.15) is 0 Å². The molecule has 0 saturated heterocycles. The van der Waals surface area contributed by atoms with E-state index in [1.165, 1.54) is 0 Å². The van der Waals surface area contributed by atoms with Crippen molar-refractivity contribution in [2.75, 3.05) is 0 Å².